The van der Waals surface area contributed by atoms with E-state index in [0.29, 0.717) is 30.9 Å². The topological polar surface area (TPSA) is 66.7 Å². The van der Waals surface area contributed by atoms with Crippen LogP contribution in [-0.4, -0.2) is 34.2 Å². The Kier molecular flexibility index (Phi) is 4.70. The molecule has 4 rings (SSSR count). The van der Waals surface area contributed by atoms with E-state index in [9.17, 15) is 9.59 Å². The molecule has 0 bridgehead atoms. The average Bonchev–Trinajstić information content (AvgIpc) is 3.15. The summed E-state index contributed by atoms with van der Waals surface area (Å²) in [6, 6.07) is 8.17. The highest BCUT2D eigenvalue weighted by Gasteiger charge is 2.18. The minimum atomic E-state index is -0.114. The van der Waals surface area contributed by atoms with Gasteiger partial charge in [0.2, 0.25) is 0 Å². The van der Waals surface area contributed by atoms with E-state index < -0.39 is 0 Å². The van der Waals surface area contributed by atoms with Gasteiger partial charge in [0.05, 0.1) is 5.69 Å². The number of fused-ring (bicyclic) bond motifs is 1. The number of aryl methyl sites for hydroxylation is 2. The molecule has 140 valence electrons. The van der Waals surface area contributed by atoms with Crippen molar-refractivity contribution in [2.24, 2.45) is 0 Å². The van der Waals surface area contributed by atoms with Crippen LogP contribution in [0.5, 0.6) is 0 Å². The molecular weight excluding hydrogens is 360 g/mol. The maximum Gasteiger partial charge on any atom is 0.270 e. The van der Waals surface area contributed by atoms with Crippen molar-refractivity contribution in [2.75, 3.05) is 18.0 Å². The van der Waals surface area contributed by atoms with Gasteiger partial charge in [0.15, 0.2) is 4.96 Å². The molecule has 0 aliphatic carbocycles. The number of amides is 1. The highest BCUT2D eigenvalue weighted by molar-refractivity contribution is 7.17. The number of nitrogens with zero attached hydrogens (tertiary/aromatic N) is 3. The van der Waals surface area contributed by atoms with E-state index >= 15 is 0 Å². The van der Waals surface area contributed by atoms with Gasteiger partial charge >= 0.3 is 0 Å². The Bertz CT molecular complexity index is 993. The lowest BCUT2D eigenvalue weighted by Crippen LogP contribution is -2.33. The van der Waals surface area contributed by atoms with Crippen molar-refractivity contribution in [1.29, 1.82) is 0 Å². The molecule has 1 aliphatic heterocycles. The van der Waals surface area contributed by atoms with Crippen LogP contribution < -0.4 is 10.2 Å². The van der Waals surface area contributed by atoms with E-state index in [1.54, 1.807) is 11.3 Å². The Morgan fingerprint density at radius 1 is 1.19 bits per heavy atom. The molecule has 0 atom stereocenters. The zero-order valence-corrected chi connectivity index (χ0v) is 16.3. The minimum absolute atomic E-state index is 0.114. The van der Waals surface area contributed by atoms with Crippen LogP contribution in [0.4, 0.5) is 5.69 Å². The molecule has 7 heteroatoms. The zero-order valence-electron chi connectivity index (χ0n) is 15.5. The summed E-state index contributed by atoms with van der Waals surface area (Å²) in [4.78, 5) is 32.7. The first-order valence-electron chi connectivity index (χ1n) is 9.10. The molecule has 0 unspecified atom stereocenters. The van der Waals surface area contributed by atoms with Crippen molar-refractivity contribution in [1.82, 2.24) is 14.7 Å². The second-order valence-electron chi connectivity index (χ2n) is 6.92. The lowest BCUT2D eigenvalue weighted by atomic mass is 10.1. The number of benzene rings is 1. The first-order chi connectivity index (χ1) is 13.0. The highest BCUT2D eigenvalue weighted by Crippen LogP contribution is 2.21. The lowest BCUT2D eigenvalue weighted by Gasteiger charge is -2.28. The fourth-order valence-corrected chi connectivity index (χ4v) is 4.31. The molecule has 1 aliphatic rings. The van der Waals surface area contributed by atoms with Crippen LogP contribution in [0.25, 0.3) is 4.96 Å². The molecule has 3 heterocycles. The molecule has 0 spiro atoms. The monoisotopic (exact) mass is 382 g/mol. The second-order valence-corrected chi connectivity index (χ2v) is 8.13. The van der Waals surface area contributed by atoms with E-state index in [2.05, 4.69) is 27.3 Å². The van der Waals surface area contributed by atoms with Crippen LogP contribution in [0.1, 0.15) is 39.5 Å². The number of anilines is 1. The fourth-order valence-electron chi connectivity index (χ4n) is 3.44. The summed E-state index contributed by atoms with van der Waals surface area (Å²) >= 11 is 1.58. The Hall–Kier alpha value is -2.67. The quantitative estimate of drug-likeness (QED) is 0.753. The van der Waals surface area contributed by atoms with Gasteiger partial charge < -0.3 is 10.2 Å². The maximum absolute atomic E-state index is 12.7. The highest BCUT2D eigenvalue weighted by atomic mass is 32.1. The third-order valence-electron chi connectivity index (χ3n) is 4.91. The number of hydrogen-bond acceptors (Lipinski definition) is 5. The molecule has 27 heavy (non-hydrogen) atoms. The third-order valence-corrected chi connectivity index (χ3v) is 5.80. The minimum Gasteiger partial charge on any atom is -0.371 e. The number of nitrogens with one attached hydrogen (secondary N) is 1. The average molecular weight is 382 g/mol. The van der Waals surface area contributed by atoms with Gasteiger partial charge in [-0.1, -0.05) is 12.1 Å². The lowest BCUT2D eigenvalue weighted by molar-refractivity contribution is -0.119. The summed E-state index contributed by atoms with van der Waals surface area (Å²) < 4.78 is 1.87. The largest absolute Gasteiger partial charge is 0.371 e. The van der Waals surface area contributed by atoms with Crippen molar-refractivity contribution >= 4 is 33.7 Å². The number of rotatable bonds is 4. The smallest absolute Gasteiger partial charge is 0.270 e. The normalized spacial score (nSPS) is 14.7. The Labute approximate surface area is 161 Å². The van der Waals surface area contributed by atoms with Crippen LogP contribution in [0.2, 0.25) is 0 Å². The molecule has 1 aromatic carbocycles. The van der Waals surface area contributed by atoms with E-state index in [0.717, 1.165) is 39.9 Å². The van der Waals surface area contributed by atoms with Crippen molar-refractivity contribution in [3.63, 3.8) is 0 Å². The number of ketones is 1. The van der Waals surface area contributed by atoms with Gasteiger partial charge in [-0.25, -0.2) is 4.98 Å². The van der Waals surface area contributed by atoms with Gasteiger partial charge in [0.25, 0.3) is 5.91 Å². The molecule has 1 saturated heterocycles. The molecule has 6 nitrogen and oxygen atoms in total. The van der Waals surface area contributed by atoms with Gasteiger partial charge in [-0.3, -0.25) is 14.0 Å². The molecule has 0 radical (unpaired) electrons. The first kappa shape index (κ1) is 17.7. The Morgan fingerprint density at radius 3 is 2.59 bits per heavy atom. The summed E-state index contributed by atoms with van der Waals surface area (Å²) in [5.74, 6) is 0.229. The summed E-state index contributed by atoms with van der Waals surface area (Å²) in [7, 11) is 0. The third kappa shape index (κ3) is 3.60. The predicted octanol–water partition coefficient (Wildman–Crippen LogP) is 3.11. The Balaban J connectivity index is 1.41. The summed E-state index contributed by atoms with van der Waals surface area (Å²) in [5, 5.41) is 2.99. The zero-order chi connectivity index (χ0) is 19.0. The molecule has 1 amide bonds. The molecule has 1 N–H and O–H groups in total. The van der Waals surface area contributed by atoms with Crippen LogP contribution in [0.3, 0.4) is 0 Å². The number of carbonyl (C=O) groups is 2. The van der Waals surface area contributed by atoms with Crippen LogP contribution in [-0.2, 0) is 11.3 Å². The number of carbonyl (C=O) groups excluding carboxylic acids is 2. The van der Waals surface area contributed by atoms with Crippen molar-refractivity contribution < 1.29 is 9.59 Å². The second kappa shape index (κ2) is 7.15. The maximum atomic E-state index is 12.7. The molecule has 3 aromatic rings. The van der Waals surface area contributed by atoms with Gasteiger partial charge in [-0.2, -0.15) is 0 Å². The van der Waals surface area contributed by atoms with E-state index in [1.165, 1.54) is 0 Å². The number of piperidine rings is 1. The van der Waals surface area contributed by atoms with Gasteiger partial charge in [-0.15, -0.1) is 11.3 Å². The van der Waals surface area contributed by atoms with Crippen molar-refractivity contribution in [3.05, 3.63) is 52.3 Å². The number of thiazole rings is 1. The summed E-state index contributed by atoms with van der Waals surface area (Å²) in [6.45, 7) is 5.91. The molecule has 1 fully saturated rings. The van der Waals surface area contributed by atoms with Crippen LogP contribution >= 0.6 is 11.3 Å². The molecule has 0 saturated carbocycles. The van der Waals surface area contributed by atoms with E-state index in [4.69, 9.17) is 0 Å². The standard InChI is InChI=1S/C20H22N4O2S/c1-13-12-24-18(14(2)22-20(24)27-13)19(26)21-11-15-3-5-16(6-4-15)23-9-7-17(25)8-10-23/h3-6,12H,7-11H2,1-2H3,(H,21,26). The summed E-state index contributed by atoms with van der Waals surface area (Å²) in [6.07, 6.45) is 3.20. The fraction of sp³-hybridized carbons (Fsp3) is 0.350. The number of hydrogen-bond donors (Lipinski definition) is 1. The Morgan fingerprint density at radius 2 is 1.89 bits per heavy atom. The number of aromatic nitrogens is 2. The van der Waals surface area contributed by atoms with Crippen LogP contribution in [0.15, 0.2) is 30.5 Å². The first-order valence-corrected chi connectivity index (χ1v) is 9.92. The van der Waals surface area contributed by atoms with Gasteiger partial charge in [0, 0.05) is 49.2 Å². The number of Topliss-reactive ketones (excluding diaryl/α,β-unsaturated/α-hetero) is 1. The van der Waals surface area contributed by atoms with Crippen molar-refractivity contribution in [2.45, 2.75) is 33.2 Å². The van der Waals surface area contributed by atoms with Crippen molar-refractivity contribution in [3.8, 4) is 0 Å². The van der Waals surface area contributed by atoms with Gasteiger partial charge in [-0.05, 0) is 31.5 Å². The summed E-state index contributed by atoms with van der Waals surface area (Å²) in [5.41, 5.74) is 3.51. The molecular formula is C20H22N4O2S. The van der Waals surface area contributed by atoms with E-state index in [-0.39, 0.29) is 5.91 Å². The van der Waals surface area contributed by atoms with Gasteiger partial charge in [0.1, 0.15) is 11.5 Å². The predicted molar refractivity (Wildman–Crippen MR) is 107 cm³/mol. The number of imidazole rings is 1. The molecule has 2 aromatic heterocycles. The SMILES string of the molecule is Cc1cn2c(C(=O)NCc3ccc(N4CCC(=O)CC4)cc3)c(C)nc2s1. The van der Waals surface area contributed by atoms with Crippen LogP contribution in [0, 0.1) is 13.8 Å². The van der Waals surface area contributed by atoms with E-state index in [1.807, 2.05) is 36.6 Å².